The maximum absolute atomic E-state index is 12.8. The summed E-state index contributed by atoms with van der Waals surface area (Å²) in [5.74, 6) is -0.868. The van der Waals surface area contributed by atoms with Gasteiger partial charge < -0.3 is 9.47 Å². The highest BCUT2D eigenvalue weighted by molar-refractivity contribution is 5.69. The molecule has 0 N–H and O–H groups in total. The van der Waals surface area contributed by atoms with Crippen molar-refractivity contribution in [1.29, 1.82) is 0 Å². The van der Waals surface area contributed by atoms with Gasteiger partial charge in [-0.1, -0.05) is 0 Å². The van der Waals surface area contributed by atoms with Gasteiger partial charge in [0.05, 0.1) is 26.1 Å². The minimum Gasteiger partial charge on any atom is -0.466 e. The van der Waals surface area contributed by atoms with E-state index in [9.17, 15) is 28.8 Å². The Morgan fingerprint density at radius 1 is 0.667 bits per heavy atom. The predicted molar refractivity (Wildman–Crippen MR) is 131 cm³/mol. The zero-order valence-corrected chi connectivity index (χ0v) is 21.3. The molecule has 2 aromatic heterocycles. The van der Waals surface area contributed by atoms with Gasteiger partial charge in [0.1, 0.15) is 0 Å². The Morgan fingerprint density at radius 2 is 1.03 bits per heavy atom. The number of unbranched alkanes of at least 4 members (excludes halogenated alkanes) is 1. The van der Waals surface area contributed by atoms with E-state index >= 15 is 0 Å². The fourth-order valence-corrected chi connectivity index (χ4v) is 3.74. The molecule has 0 fully saturated rings. The molecule has 2 aromatic rings. The van der Waals surface area contributed by atoms with Crippen LogP contribution in [-0.2, 0) is 45.2 Å². The number of ether oxygens (including phenoxy) is 2. The van der Waals surface area contributed by atoms with Gasteiger partial charge >= 0.3 is 23.3 Å². The Labute approximate surface area is 207 Å². The maximum Gasteiger partial charge on any atom is 0.330 e. The third-order valence-electron chi connectivity index (χ3n) is 5.55. The molecule has 0 aliphatic rings. The molecule has 0 aromatic carbocycles. The molecule has 198 valence electrons. The summed E-state index contributed by atoms with van der Waals surface area (Å²) in [6.07, 6.45) is 3.57. The lowest BCUT2D eigenvalue weighted by Gasteiger charge is -2.13. The van der Waals surface area contributed by atoms with Crippen molar-refractivity contribution in [3.8, 4) is 0 Å². The zero-order chi connectivity index (χ0) is 26.8. The van der Waals surface area contributed by atoms with Gasteiger partial charge in [-0.05, 0) is 40.5 Å². The van der Waals surface area contributed by atoms with Crippen LogP contribution in [0.1, 0.15) is 50.7 Å². The lowest BCUT2D eigenvalue weighted by molar-refractivity contribution is -0.144. The van der Waals surface area contributed by atoms with Crippen LogP contribution < -0.4 is 22.5 Å². The van der Waals surface area contributed by atoms with Crippen LogP contribution in [0.5, 0.6) is 0 Å². The quantitative estimate of drug-likeness (QED) is 0.280. The van der Waals surface area contributed by atoms with Crippen molar-refractivity contribution >= 4 is 11.9 Å². The van der Waals surface area contributed by atoms with E-state index in [0.29, 0.717) is 24.0 Å². The number of esters is 2. The van der Waals surface area contributed by atoms with E-state index in [4.69, 9.17) is 9.47 Å². The van der Waals surface area contributed by atoms with Crippen LogP contribution in [0.2, 0.25) is 0 Å². The number of nitrogens with zero attached hydrogens (tertiary/aromatic N) is 4. The number of hydrogen-bond acceptors (Lipinski definition) is 8. The van der Waals surface area contributed by atoms with E-state index < -0.39 is 34.4 Å². The third kappa shape index (κ3) is 7.40. The Balaban J connectivity index is 2.11. The minimum absolute atomic E-state index is 0.00408. The van der Waals surface area contributed by atoms with Crippen LogP contribution in [-0.4, -0.2) is 43.4 Å². The van der Waals surface area contributed by atoms with Crippen LogP contribution in [0.15, 0.2) is 31.6 Å². The van der Waals surface area contributed by atoms with Gasteiger partial charge in [-0.25, -0.2) is 9.59 Å². The molecule has 2 rings (SSSR count). The molecular formula is C24H34N4O8. The van der Waals surface area contributed by atoms with E-state index in [1.165, 1.54) is 21.5 Å². The molecule has 0 spiro atoms. The Bertz CT molecular complexity index is 1210. The molecule has 0 aliphatic carbocycles. The van der Waals surface area contributed by atoms with Crippen LogP contribution in [0.25, 0.3) is 0 Å². The van der Waals surface area contributed by atoms with Crippen molar-refractivity contribution in [1.82, 2.24) is 18.3 Å². The molecule has 12 nitrogen and oxygen atoms in total. The summed E-state index contributed by atoms with van der Waals surface area (Å²) in [6, 6.07) is 0. The fraction of sp³-hybridized carbons (Fsp3) is 0.583. The summed E-state index contributed by atoms with van der Waals surface area (Å²) in [5.41, 5.74) is -1.22. The molecule has 0 atom stereocenters. The third-order valence-corrected chi connectivity index (χ3v) is 5.55. The molecule has 0 saturated heterocycles. The first kappa shape index (κ1) is 28.5. The average molecular weight is 507 g/mol. The van der Waals surface area contributed by atoms with Gasteiger partial charge in [0.25, 0.3) is 11.1 Å². The summed E-state index contributed by atoms with van der Waals surface area (Å²) < 4.78 is 14.6. The number of hydrogen-bond donors (Lipinski definition) is 0. The number of aromatic nitrogens is 4. The zero-order valence-electron chi connectivity index (χ0n) is 21.3. The van der Waals surface area contributed by atoms with Gasteiger partial charge in [0.15, 0.2) is 0 Å². The first-order chi connectivity index (χ1) is 17.1. The predicted octanol–water partition coefficient (Wildman–Crippen LogP) is 0.337. The largest absolute Gasteiger partial charge is 0.466 e. The summed E-state index contributed by atoms with van der Waals surface area (Å²) >= 11 is 0. The highest BCUT2D eigenvalue weighted by atomic mass is 16.5. The molecule has 0 aliphatic heterocycles. The Morgan fingerprint density at radius 3 is 1.36 bits per heavy atom. The van der Waals surface area contributed by atoms with E-state index in [1.807, 2.05) is 0 Å². The lowest BCUT2D eigenvalue weighted by Crippen LogP contribution is -2.42. The van der Waals surface area contributed by atoms with E-state index in [2.05, 4.69) is 0 Å². The Hall–Kier alpha value is -3.70. The fourth-order valence-electron chi connectivity index (χ4n) is 3.74. The number of rotatable bonds is 13. The highest BCUT2D eigenvalue weighted by Gasteiger charge is 2.13. The monoisotopic (exact) mass is 506 g/mol. The van der Waals surface area contributed by atoms with Gasteiger partial charge in [-0.3, -0.25) is 37.4 Å². The first-order valence-corrected chi connectivity index (χ1v) is 12.0. The van der Waals surface area contributed by atoms with Crippen molar-refractivity contribution < 1.29 is 19.1 Å². The van der Waals surface area contributed by atoms with Crippen LogP contribution in [0.3, 0.4) is 0 Å². The smallest absolute Gasteiger partial charge is 0.330 e. The van der Waals surface area contributed by atoms with Crippen molar-refractivity contribution in [2.45, 2.75) is 79.6 Å². The van der Waals surface area contributed by atoms with Gasteiger partial charge in [0.2, 0.25) is 0 Å². The maximum atomic E-state index is 12.8. The Kier molecular flexibility index (Phi) is 10.6. The van der Waals surface area contributed by atoms with Crippen LogP contribution in [0.4, 0.5) is 0 Å². The number of aryl methyl sites for hydroxylation is 4. The summed E-state index contributed by atoms with van der Waals surface area (Å²) in [7, 11) is 0. The SMILES string of the molecule is CCOC(=O)CCn1cc(C)c(=O)n(CCCCn2c(=O)c(C)cn(CCC(=O)OCC)c2=O)c1=O. The van der Waals surface area contributed by atoms with Crippen molar-refractivity contribution in [2.24, 2.45) is 0 Å². The number of carbonyl (C=O) groups is 2. The second-order valence-corrected chi connectivity index (χ2v) is 8.31. The summed E-state index contributed by atoms with van der Waals surface area (Å²) in [6.45, 7) is 7.41. The standard InChI is InChI=1S/C24H34N4O8/c1-5-35-19(29)9-13-25-15-17(3)21(31)27(23(25)33)11-7-8-12-28-22(32)18(4)16-26(24(28)34)14-10-20(30)36-6-2/h15-16H,5-14H2,1-4H3. The topological polar surface area (TPSA) is 141 Å². The number of carbonyl (C=O) groups excluding carboxylic acids is 2. The second kappa shape index (κ2) is 13.4. The summed E-state index contributed by atoms with van der Waals surface area (Å²) in [4.78, 5) is 73.9. The van der Waals surface area contributed by atoms with Crippen LogP contribution in [0, 0.1) is 13.8 Å². The molecule has 0 saturated carbocycles. The van der Waals surface area contributed by atoms with Gasteiger partial charge in [-0.2, -0.15) is 0 Å². The van der Waals surface area contributed by atoms with Crippen LogP contribution >= 0.6 is 0 Å². The van der Waals surface area contributed by atoms with Crippen molar-refractivity contribution in [3.63, 3.8) is 0 Å². The van der Waals surface area contributed by atoms with E-state index in [1.54, 1.807) is 27.7 Å². The molecular weight excluding hydrogens is 472 g/mol. The minimum atomic E-state index is -0.538. The molecule has 2 heterocycles. The normalized spacial score (nSPS) is 10.9. The molecule has 0 bridgehead atoms. The highest BCUT2D eigenvalue weighted by Crippen LogP contribution is 1.98. The molecule has 0 unspecified atom stereocenters. The summed E-state index contributed by atoms with van der Waals surface area (Å²) in [5, 5.41) is 0. The molecule has 36 heavy (non-hydrogen) atoms. The van der Waals surface area contributed by atoms with E-state index in [-0.39, 0.29) is 52.2 Å². The molecule has 12 heteroatoms. The lowest BCUT2D eigenvalue weighted by atomic mass is 10.2. The second-order valence-electron chi connectivity index (χ2n) is 8.31. The molecule has 0 amide bonds. The first-order valence-electron chi connectivity index (χ1n) is 12.0. The average Bonchev–Trinajstić information content (AvgIpc) is 2.83. The van der Waals surface area contributed by atoms with Gasteiger partial charge in [0, 0.05) is 49.7 Å². The molecule has 0 radical (unpaired) electrons. The van der Waals surface area contributed by atoms with E-state index in [0.717, 1.165) is 9.13 Å². The van der Waals surface area contributed by atoms with Crippen molar-refractivity contribution in [2.75, 3.05) is 13.2 Å². The van der Waals surface area contributed by atoms with Gasteiger partial charge in [-0.15, -0.1) is 0 Å². The van der Waals surface area contributed by atoms with Crippen molar-refractivity contribution in [3.05, 3.63) is 65.2 Å².